The third kappa shape index (κ3) is 3.57. The zero-order valence-corrected chi connectivity index (χ0v) is 10.3. The van der Waals surface area contributed by atoms with E-state index in [1.807, 2.05) is 6.07 Å². The van der Waals surface area contributed by atoms with Crippen molar-refractivity contribution >= 4 is 12.2 Å². The van der Waals surface area contributed by atoms with Crippen molar-refractivity contribution in [3.8, 4) is 0 Å². The second-order valence-electron chi connectivity index (χ2n) is 3.44. The first-order valence-corrected chi connectivity index (χ1v) is 5.63. The van der Waals surface area contributed by atoms with Crippen molar-refractivity contribution in [2.45, 2.75) is 40.0 Å². The zero-order chi connectivity index (χ0) is 12.6. The molecular weight excluding hydrogens is 202 g/mol. The number of carbonyl (C=O) groups is 1. The fraction of sp³-hybridized carbons (Fsp3) is 0.462. The molecule has 0 aliphatic rings. The van der Waals surface area contributed by atoms with Gasteiger partial charge in [0.25, 0.3) is 6.47 Å². The maximum Gasteiger partial charge on any atom is 0.290 e. The van der Waals surface area contributed by atoms with Crippen LogP contribution in [-0.4, -0.2) is 11.6 Å². The van der Waals surface area contributed by atoms with Gasteiger partial charge in [-0.2, -0.15) is 0 Å². The van der Waals surface area contributed by atoms with Crippen LogP contribution in [0.4, 0.5) is 5.69 Å². The maximum absolute atomic E-state index is 8.36. The van der Waals surface area contributed by atoms with Gasteiger partial charge in [0.15, 0.2) is 0 Å². The minimum absolute atomic E-state index is 0.250. The normalized spacial score (nSPS) is 9.19. The fourth-order valence-electron chi connectivity index (χ4n) is 1.95. The molecule has 16 heavy (non-hydrogen) atoms. The summed E-state index contributed by atoms with van der Waals surface area (Å²) in [6, 6.07) is 4.20. The molecule has 0 fully saturated rings. The van der Waals surface area contributed by atoms with Crippen molar-refractivity contribution in [3.05, 3.63) is 28.8 Å². The zero-order valence-electron chi connectivity index (χ0n) is 10.3. The molecule has 0 aliphatic carbocycles. The Kier molecular flexibility index (Phi) is 7.01. The number of aryl methyl sites for hydroxylation is 1. The van der Waals surface area contributed by atoms with Crippen molar-refractivity contribution in [1.29, 1.82) is 0 Å². The molecule has 0 heterocycles. The predicted molar refractivity (Wildman–Crippen MR) is 67.7 cm³/mol. The lowest BCUT2D eigenvalue weighted by Crippen LogP contribution is -2.02. The molecule has 3 N–H and O–H groups in total. The van der Waals surface area contributed by atoms with Crippen molar-refractivity contribution < 1.29 is 9.90 Å². The van der Waals surface area contributed by atoms with Crippen LogP contribution in [-0.2, 0) is 24.1 Å². The van der Waals surface area contributed by atoms with E-state index < -0.39 is 0 Å². The highest BCUT2D eigenvalue weighted by molar-refractivity contribution is 5.54. The van der Waals surface area contributed by atoms with Crippen LogP contribution in [0.25, 0.3) is 0 Å². The number of anilines is 1. The number of nitrogen functional groups attached to an aromatic ring is 1. The molecule has 1 aromatic rings. The minimum atomic E-state index is -0.250. The Bertz CT molecular complexity index is 335. The van der Waals surface area contributed by atoms with Gasteiger partial charge in [-0.3, -0.25) is 4.79 Å². The molecule has 0 saturated carbocycles. The average Bonchev–Trinajstić information content (AvgIpc) is 2.29. The molecule has 0 radical (unpaired) electrons. The van der Waals surface area contributed by atoms with Crippen molar-refractivity contribution in [2.24, 2.45) is 0 Å². The molecule has 3 nitrogen and oxygen atoms in total. The number of carboxylic acid groups (broad SMARTS) is 1. The van der Waals surface area contributed by atoms with Gasteiger partial charge in [-0.05, 0) is 42.0 Å². The van der Waals surface area contributed by atoms with Gasteiger partial charge >= 0.3 is 0 Å². The van der Waals surface area contributed by atoms with Gasteiger partial charge in [-0.25, -0.2) is 0 Å². The number of hydrogen-bond donors (Lipinski definition) is 2. The highest BCUT2D eigenvalue weighted by Gasteiger charge is 2.06. The first-order valence-electron chi connectivity index (χ1n) is 5.63. The summed E-state index contributed by atoms with van der Waals surface area (Å²) in [5, 5.41) is 6.89. The predicted octanol–water partition coefficient (Wildman–Crippen LogP) is 2.66. The van der Waals surface area contributed by atoms with E-state index in [9.17, 15) is 0 Å². The van der Waals surface area contributed by atoms with Crippen LogP contribution in [0.1, 0.15) is 37.5 Å². The largest absolute Gasteiger partial charge is 0.483 e. The number of benzene rings is 1. The van der Waals surface area contributed by atoms with E-state index in [-0.39, 0.29) is 6.47 Å². The van der Waals surface area contributed by atoms with Crippen molar-refractivity contribution in [2.75, 3.05) is 5.73 Å². The average molecular weight is 223 g/mol. The minimum Gasteiger partial charge on any atom is -0.483 e. The van der Waals surface area contributed by atoms with E-state index in [4.69, 9.17) is 15.6 Å². The molecule has 0 amide bonds. The lowest BCUT2D eigenvalue weighted by molar-refractivity contribution is -0.122. The summed E-state index contributed by atoms with van der Waals surface area (Å²) in [6.45, 7) is 6.32. The van der Waals surface area contributed by atoms with E-state index >= 15 is 0 Å². The van der Waals surface area contributed by atoms with Gasteiger partial charge in [0.1, 0.15) is 0 Å². The second-order valence-corrected chi connectivity index (χ2v) is 3.44. The van der Waals surface area contributed by atoms with Crippen LogP contribution in [0.2, 0.25) is 0 Å². The molecule has 1 rings (SSSR count). The highest BCUT2D eigenvalue weighted by atomic mass is 16.3. The standard InChI is InChI=1S/C12H19N.CH2O2/c1-4-9-7-8-12(13)11(6-3)10(9)5-2;2-1-3/h7-8H,4-6,13H2,1-3H3;1H,(H,2,3). The van der Waals surface area contributed by atoms with Crippen LogP contribution in [0.15, 0.2) is 12.1 Å². The third-order valence-corrected chi connectivity index (χ3v) is 2.65. The Hall–Kier alpha value is -1.51. The number of hydrogen-bond acceptors (Lipinski definition) is 2. The Morgan fingerprint density at radius 2 is 1.62 bits per heavy atom. The van der Waals surface area contributed by atoms with Gasteiger partial charge in [0.05, 0.1) is 0 Å². The molecule has 90 valence electrons. The van der Waals surface area contributed by atoms with Crippen LogP contribution in [0.3, 0.4) is 0 Å². The van der Waals surface area contributed by atoms with Gasteiger partial charge in [0.2, 0.25) is 0 Å². The third-order valence-electron chi connectivity index (χ3n) is 2.65. The van der Waals surface area contributed by atoms with Gasteiger partial charge in [0, 0.05) is 5.69 Å². The van der Waals surface area contributed by atoms with Gasteiger partial charge in [-0.15, -0.1) is 0 Å². The molecule has 0 aliphatic heterocycles. The van der Waals surface area contributed by atoms with E-state index in [0.29, 0.717) is 0 Å². The molecule has 0 unspecified atom stereocenters. The van der Waals surface area contributed by atoms with Crippen molar-refractivity contribution in [1.82, 2.24) is 0 Å². The summed E-state index contributed by atoms with van der Waals surface area (Å²) in [5.74, 6) is 0. The summed E-state index contributed by atoms with van der Waals surface area (Å²) in [7, 11) is 0. The smallest absolute Gasteiger partial charge is 0.290 e. The maximum atomic E-state index is 8.36. The van der Waals surface area contributed by atoms with E-state index in [2.05, 4.69) is 26.8 Å². The summed E-state index contributed by atoms with van der Waals surface area (Å²) < 4.78 is 0. The van der Waals surface area contributed by atoms with Crippen molar-refractivity contribution in [3.63, 3.8) is 0 Å². The van der Waals surface area contributed by atoms with Gasteiger partial charge in [-0.1, -0.05) is 26.8 Å². The Morgan fingerprint density at radius 3 is 2.00 bits per heavy atom. The molecule has 0 bridgehead atoms. The van der Waals surface area contributed by atoms with Crippen LogP contribution in [0.5, 0.6) is 0 Å². The molecule has 0 aromatic heterocycles. The topological polar surface area (TPSA) is 63.3 Å². The Labute approximate surface area is 97.3 Å². The summed E-state index contributed by atoms with van der Waals surface area (Å²) in [4.78, 5) is 8.36. The summed E-state index contributed by atoms with van der Waals surface area (Å²) in [5.41, 5.74) is 11.2. The van der Waals surface area contributed by atoms with E-state index in [1.165, 1.54) is 16.7 Å². The van der Waals surface area contributed by atoms with Crippen LogP contribution in [0, 0.1) is 0 Å². The quantitative estimate of drug-likeness (QED) is 0.611. The lowest BCUT2D eigenvalue weighted by atomic mass is 9.94. The first-order chi connectivity index (χ1) is 7.65. The summed E-state index contributed by atoms with van der Waals surface area (Å²) in [6.07, 6.45) is 3.25. The molecule has 0 spiro atoms. The Balaban J connectivity index is 0.000000673. The van der Waals surface area contributed by atoms with E-state index in [1.54, 1.807) is 0 Å². The molecule has 3 heteroatoms. The molecule has 1 aromatic carbocycles. The Morgan fingerprint density at radius 1 is 1.12 bits per heavy atom. The number of nitrogens with two attached hydrogens (primary N) is 1. The highest BCUT2D eigenvalue weighted by Crippen LogP contribution is 2.22. The molecular formula is C13H21NO2. The second kappa shape index (κ2) is 7.74. The lowest BCUT2D eigenvalue weighted by Gasteiger charge is -2.13. The molecule has 0 saturated heterocycles. The fourth-order valence-corrected chi connectivity index (χ4v) is 1.95. The van der Waals surface area contributed by atoms with Crippen LogP contribution < -0.4 is 5.73 Å². The SMILES string of the molecule is CCc1ccc(N)c(CC)c1CC.O=CO. The van der Waals surface area contributed by atoms with E-state index in [0.717, 1.165) is 24.9 Å². The molecule has 0 atom stereocenters. The monoisotopic (exact) mass is 223 g/mol. The van der Waals surface area contributed by atoms with Gasteiger partial charge < -0.3 is 10.8 Å². The number of rotatable bonds is 3. The first kappa shape index (κ1) is 14.5. The summed E-state index contributed by atoms with van der Waals surface area (Å²) >= 11 is 0. The van der Waals surface area contributed by atoms with Crippen LogP contribution >= 0.6 is 0 Å².